The Hall–Kier alpha value is -2.52. The Labute approximate surface area is 182 Å². The minimum atomic E-state index is -0.861. The van der Waals surface area contributed by atoms with E-state index in [0.717, 1.165) is 5.56 Å². The summed E-state index contributed by atoms with van der Waals surface area (Å²) < 4.78 is 32.6. The molecule has 2 aromatic carbocycles. The van der Waals surface area contributed by atoms with E-state index in [1.54, 1.807) is 38.5 Å². The molecule has 1 aliphatic heterocycles. The van der Waals surface area contributed by atoms with Gasteiger partial charge in [-0.3, -0.25) is 0 Å². The Kier molecular flexibility index (Phi) is 7.97. The second-order valence-corrected chi connectivity index (χ2v) is 7.37. The zero-order chi connectivity index (χ0) is 22.4. The number of aliphatic hydroxyl groups is 2. The molecule has 0 spiro atoms. The largest absolute Gasteiger partial charge is 0.493 e. The molecule has 2 N–H and O–H groups in total. The average molecular weight is 434 g/mol. The molecule has 1 unspecified atom stereocenters. The van der Waals surface area contributed by atoms with Crippen molar-refractivity contribution in [1.29, 1.82) is 0 Å². The van der Waals surface area contributed by atoms with E-state index in [0.29, 0.717) is 28.6 Å². The van der Waals surface area contributed by atoms with Gasteiger partial charge in [-0.15, -0.1) is 0 Å². The molecule has 1 heterocycles. The molecular formula is C23H30O8. The van der Waals surface area contributed by atoms with Crippen molar-refractivity contribution in [3.05, 3.63) is 47.5 Å². The van der Waals surface area contributed by atoms with Gasteiger partial charge in [0.1, 0.15) is 6.79 Å². The third-order valence-electron chi connectivity index (χ3n) is 5.61. The lowest BCUT2D eigenvalue weighted by Gasteiger charge is -2.33. The molecule has 0 aromatic heterocycles. The lowest BCUT2D eigenvalue weighted by atomic mass is 9.80. The number of methoxy groups -OCH3 is 3. The maximum atomic E-state index is 11.1. The standard InChI is InChI=1S/C23H30O8/c1-14(22(25)15-5-8-19-21(9-15)30-13-29-19)17(11-24)23(31-12-26-2)16-6-7-18(27-3)20(10-16)28-4/h5-10,14,17,22-25H,11-13H2,1-4H3/t14-,17-,22?,23-/m0/s1. The lowest BCUT2D eigenvalue weighted by molar-refractivity contribution is -0.118. The van der Waals surface area contributed by atoms with Crippen molar-refractivity contribution in [3.63, 3.8) is 0 Å². The summed E-state index contributed by atoms with van der Waals surface area (Å²) in [5.74, 6) is 1.58. The van der Waals surface area contributed by atoms with Crippen LogP contribution in [0.5, 0.6) is 23.0 Å². The van der Waals surface area contributed by atoms with Crippen LogP contribution in [0.1, 0.15) is 30.3 Å². The molecule has 0 saturated heterocycles. The van der Waals surface area contributed by atoms with E-state index in [4.69, 9.17) is 28.4 Å². The molecule has 0 aliphatic carbocycles. The van der Waals surface area contributed by atoms with Crippen LogP contribution in [0.2, 0.25) is 0 Å². The van der Waals surface area contributed by atoms with Gasteiger partial charge in [0.05, 0.1) is 26.4 Å². The quantitative estimate of drug-likeness (QED) is 0.521. The number of benzene rings is 2. The molecule has 1 aliphatic rings. The summed E-state index contributed by atoms with van der Waals surface area (Å²) in [6.45, 7) is 1.86. The Morgan fingerprint density at radius 1 is 0.935 bits per heavy atom. The second-order valence-electron chi connectivity index (χ2n) is 7.37. The smallest absolute Gasteiger partial charge is 0.231 e. The maximum absolute atomic E-state index is 11.1. The van der Waals surface area contributed by atoms with E-state index in [-0.39, 0.29) is 26.1 Å². The number of hydrogen-bond donors (Lipinski definition) is 2. The van der Waals surface area contributed by atoms with Gasteiger partial charge in [-0.05, 0) is 41.3 Å². The highest BCUT2D eigenvalue weighted by atomic mass is 16.7. The lowest BCUT2D eigenvalue weighted by Crippen LogP contribution is -2.30. The molecule has 0 bridgehead atoms. The monoisotopic (exact) mass is 434 g/mol. The fraction of sp³-hybridized carbons (Fsp3) is 0.478. The van der Waals surface area contributed by atoms with Crippen molar-refractivity contribution in [2.45, 2.75) is 19.1 Å². The summed E-state index contributed by atoms with van der Waals surface area (Å²) >= 11 is 0. The van der Waals surface area contributed by atoms with Crippen LogP contribution in [0.25, 0.3) is 0 Å². The summed E-state index contributed by atoms with van der Waals surface area (Å²) in [5.41, 5.74) is 1.45. The predicted molar refractivity (Wildman–Crippen MR) is 113 cm³/mol. The van der Waals surface area contributed by atoms with Crippen LogP contribution in [0.4, 0.5) is 0 Å². The van der Waals surface area contributed by atoms with Gasteiger partial charge in [-0.1, -0.05) is 19.1 Å². The van der Waals surface area contributed by atoms with Crippen LogP contribution in [-0.4, -0.2) is 51.7 Å². The Morgan fingerprint density at radius 3 is 2.32 bits per heavy atom. The third kappa shape index (κ3) is 5.04. The van der Waals surface area contributed by atoms with Crippen molar-refractivity contribution in [1.82, 2.24) is 0 Å². The minimum absolute atomic E-state index is 0.0301. The molecule has 3 rings (SSSR count). The topological polar surface area (TPSA) is 95.8 Å². The molecule has 4 atom stereocenters. The molecule has 8 nitrogen and oxygen atoms in total. The summed E-state index contributed by atoms with van der Waals surface area (Å²) in [6, 6.07) is 10.8. The molecule has 170 valence electrons. The van der Waals surface area contributed by atoms with Gasteiger partial charge in [0.25, 0.3) is 0 Å². The molecular weight excluding hydrogens is 404 g/mol. The van der Waals surface area contributed by atoms with Gasteiger partial charge in [-0.2, -0.15) is 0 Å². The first-order chi connectivity index (χ1) is 15.0. The van der Waals surface area contributed by atoms with Crippen LogP contribution in [-0.2, 0) is 9.47 Å². The van der Waals surface area contributed by atoms with Gasteiger partial charge < -0.3 is 38.6 Å². The number of aliphatic hydroxyl groups excluding tert-OH is 2. The number of ether oxygens (including phenoxy) is 6. The Bertz CT molecular complexity index is 855. The van der Waals surface area contributed by atoms with Crippen LogP contribution in [0, 0.1) is 11.8 Å². The first-order valence-corrected chi connectivity index (χ1v) is 10.0. The molecule has 8 heteroatoms. The summed E-state index contributed by atoms with van der Waals surface area (Å²) in [4.78, 5) is 0. The molecule has 0 amide bonds. The van der Waals surface area contributed by atoms with E-state index in [1.165, 1.54) is 7.11 Å². The van der Waals surface area contributed by atoms with Gasteiger partial charge in [0.15, 0.2) is 23.0 Å². The molecule has 31 heavy (non-hydrogen) atoms. The fourth-order valence-corrected chi connectivity index (χ4v) is 3.81. The summed E-state index contributed by atoms with van der Waals surface area (Å²) in [5, 5.41) is 21.4. The zero-order valence-corrected chi connectivity index (χ0v) is 18.2. The van der Waals surface area contributed by atoms with Crippen LogP contribution < -0.4 is 18.9 Å². The van der Waals surface area contributed by atoms with E-state index in [2.05, 4.69) is 0 Å². The van der Waals surface area contributed by atoms with Crippen molar-refractivity contribution in [2.75, 3.05) is 41.5 Å². The zero-order valence-electron chi connectivity index (χ0n) is 18.2. The highest BCUT2D eigenvalue weighted by molar-refractivity contribution is 5.45. The van der Waals surface area contributed by atoms with E-state index >= 15 is 0 Å². The highest BCUT2D eigenvalue weighted by Crippen LogP contribution is 2.42. The normalized spacial score (nSPS) is 16.5. The number of fused-ring (bicyclic) bond motifs is 1. The van der Waals surface area contributed by atoms with E-state index < -0.39 is 18.1 Å². The fourth-order valence-electron chi connectivity index (χ4n) is 3.81. The van der Waals surface area contributed by atoms with Crippen molar-refractivity contribution < 1.29 is 38.6 Å². The third-order valence-corrected chi connectivity index (χ3v) is 5.61. The number of hydrogen-bond acceptors (Lipinski definition) is 8. The van der Waals surface area contributed by atoms with Gasteiger partial charge >= 0.3 is 0 Å². The van der Waals surface area contributed by atoms with Gasteiger partial charge in [-0.25, -0.2) is 0 Å². The van der Waals surface area contributed by atoms with Crippen molar-refractivity contribution >= 4 is 0 Å². The van der Waals surface area contributed by atoms with E-state index in [1.807, 2.05) is 19.1 Å². The van der Waals surface area contributed by atoms with Crippen LogP contribution in [0.3, 0.4) is 0 Å². The van der Waals surface area contributed by atoms with Gasteiger partial charge in [0.2, 0.25) is 6.79 Å². The molecule has 0 saturated carbocycles. The Morgan fingerprint density at radius 2 is 1.65 bits per heavy atom. The van der Waals surface area contributed by atoms with Gasteiger partial charge in [0, 0.05) is 19.6 Å². The van der Waals surface area contributed by atoms with Crippen molar-refractivity contribution in [3.8, 4) is 23.0 Å². The SMILES string of the molecule is COCO[C@@H](c1ccc(OC)c(OC)c1)[C@@H](CO)[C@H](C)C(O)c1ccc2c(c1)OCO2. The predicted octanol–water partition coefficient (Wildman–Crippen LogP) is 3.07. The summed E-state index contributed by atoms with van der Waals surface area (Å²) in [6.07, 6.45) is -1.41. The molecule has 0 fully saturated rings. The maximum Gasteiger partial charge on any atom is 0.231 e. The highest BCUT2D eigenvalue weighted by Gasteiger charge is 2.34. The van der Waals surface area contributed by atoms with Crippen LogP contribution >= 0.6 is 0 Å². The first kappa shape index (κ1) is 23.1. The second kappa shape index (κ2) is 10.7. The minimum Gasteiger partial charge on any atom is -0.493 e. The summed E-state index contributed by atoms with van der Waals surface area (Å²) in [7, 11) is 4.66. The van der Waals surface area contributed by atoms with Crippen molar-refractivity contribution in [2.24, 2.45) is 11.8 Å². The average Bonchev–Trinajstić information content (AvgIpc) is 3.28. The Balaban J connectivity index is 1.89. The van der Waals surface area contributed by atoms with Crippen LogP contribution in [0.15, 0.2) is 36.4 Å². The number of rotatable bonds is 11. The first-order valence-electron chi connectivity index (χ1n) is 10.0. The molecule has 0 radical (unpaired) electrons. The molecule has 2 aromatic rings. The van der Waals surface area contributed by atoms with E-state index in [9.17, 15) is 10.2 Å².